The molecule has 9 heteroatoms. The van der Waals surface area contributed by atoms with Crippen LogP contribution < -0.4 is 20.9 Å². The van der Waals surface area contributed by atoms with Crippen molar-refractivity contribution in [3.63, 3.8) is 0 Å². The van der Waals surface area contributed by atoms with E-state index in [1.54, 1.807) is 12.4 Å². The van der Waals surface area contributed by atoms with Crippen molar-refractivity contribution in [3.05, 3.63) is 48.1 Å². The Bertz CT molecular complexity index is 996. The molecule has 0 radical (unpaired) electrons. The zero-order valence-corrected chi connectivity index (χ0v) is 15.1. The first kappa shape index (κ1) is 16.7. The van der Waals surface area contributed by atoms with Gasteiger partial charge < -0.3 is 25.3 Å². The fraction of sp³-hybridized carbons (Fsp3) is 0.263. The minimum Gasteiger partial charge on any atom is -0.443 e. The van der Waals surface area contributed by atoms with E-state index in [4.69, 9.17) is 4.42 Å². The van der Waals surface area contributed by atoms with Crippen LogP contribution in [0.3, 0.4) is 0 Å². The minimum absolute atomic E-state index is 0.148. The lowest BCUT2D eigenvalue weighted by molar-refractivity contribution is 0.0966. The first-order valence-corrected chi connectivity index (χ1v) is 9.18. The maximum absolute atomic E-state index is 12.4. The van der Waals surface area contributed by atoms with Crippen LogP contribution in [0.15, 0.2) is 41.4 Å². The summed E-state index contributed by atoms with van der Waals surface area (Å²) in [6, 6.07) is 3.95. The molecule has 142 valence electrons. The van der Waals surface area contributed by atoms with Gasteiger partial charge >= 0.3 is 0 Å². The lowest BCUT2D eigenvalue weighted by Gasteiger charge is -2.29. The lowest BCUT2D eigenvalue weighted by Crippen LogP contribution is -2.43. The third-order valence-electron chi connectivity index (χ3n) is 4.96. The standard InChI is InChI=1S/C19H19N7O2/c27-18-16-13(10-24-18)17(19-21-5-8-28-19)23-11-14(16)25-15-2-1-12(9-22-15)26-6-3-20-4-7-26/h1-2,5,8-9,11,20H,3-4,6-7,10H2,(H,22,25)(H,24,27). The minimum atomic E-state index is -0.148. The lowest BCUT2D eigenvalue weighted by atomic mass is 10.1. The van der Waals surface area contributed by atoms with Crippen LogP contribution in [-0.2, 0) is 6.54 Å². The van der Waals surface area contributed by atoms with E-state index < -0.39 is 0 Å². The fourth-order valence-corrected chi connectivity index (χ4v) is 3.57. The van der Waals surface area contributed by atoms with E-state index in [2.05, 4.69) is 35.8 Å². The maximum Gasteiger partial charge on any atom is 0.254 e. The zero-order valence-electron chi connectivity index (χ0n) is 15.1. The fourth-order valence-electron chi connectivity index (χ4n) is 3.57. The van der Waals surface area contributed by atoms with Gasteiger partial charge in [-0.1, -0.05) is 0 Å². The number of anilines is 3. The molecule has 3 N–H and O–H groups in total. The van der Waals surface area contributed by atoms with Crippen molar-refractivity contribution in [2.45, 2.75) is 6.54 Å². The summed E-state index contributed by atoms with van der Waals surface area (Å²) in [7, 11) is 0. The Morgan fingerprint density at radius 2 is 2.00 bits per heavy atom. The number of carbonyl (C=O) groups excluding carboxylic acids is 1. The Balaban J connectivity index is 1.43. The number of hydrogen-bond donors (Lipinski definition) is 3. The second-order valence-corrected chi connectivity index (χ2v) is 6.66. The number of oxazole rings is 1. The van der Waals surface area contributed by atoms with Crippen molar-refractivity contribution in [3.8, 4) is 11.6 Å². The Morgan fingerprint density at radius 1 is 1.11 bits per heavy atom. The van der Waals surface area contributed by atoms with Crippen LogP contribution in [0.1, 0.15) is 15.9 Å². The average molecular weight is 377 g/mol. The smallest absolute Gasteiger partial charge is 0.254 e. The van der Waals surface area contributed by atoms with Gasteiger partial charge in [0.15, 0.2) is 0 Å². The molecule has 1 saturated heterocycles. The number of pyridine rings is 2. The molecule has 0 spiro atoms. The molecule has 0 saturated carbocycles. The number of carbonyl (C=O) groups is 1. The van der Waals surface area contributed by atoms with Gasteiger partial charge in [0.25, 0.3) is 5.91 Å². The van der Waals surface area contributed by atoms with E-state index in [9.17, 15) is 4.79 Å². The van der Waals surface area contributed by atoms with E-state index in [0.717, 1.165) is 37.4 Å². The van der Waals surface area contributed by atoms with Gasteiger partial charge in [-0.2, -0.15) is 0 Å². The van der Waals surface area contributed by atoms with Crippen molar-refractivity contribution in [2.75, 3.05) is 36.4 Å². The highest BCUT2D eigenvalue weighted by molar-refractivity contribution is 6.05. The Hall–Kier alpha value is -3.46. The average Bonchev–Trinajstić information content (AvgIpc) is 3.40. The van der Waals surface area contributed by atoms with Crippen molar-refractivity contribution in [2.24, 2.45) is 0 Å². The van der Waals surface area contributed by atoms with Crippen LogP contribution in [0.5, 0.6) is 0 Å². The summed E-state index contributed by atoms with van der Waals surface area (Å²) in [5.41, 5.74) is 3.60. The molecular weight excluding hydrogens is 358 g/mol. The molecule has 0 aromatic carbocycles. The number of piperazine rings is 1. The second kappa shape index (κ2) is 6.93. The topological polar surface area (TPSA) is 108 Å². The van der Waals surface area contributed by atoms with Crippen molar-refractivity contribution >= 4 is 23.1 Å². The van der Waals surface area contributed by atoms with E-state index >= 15 is 0 Å². The van der Waals surface area contributed by atoms with E-state index in [0.29, 0.717) is 35.2 Å². The molecule has 0 unspecified atom stereocenters. The normalized spacial score (nSPS) is 16.0. The molecule has 1 fully saturated rings. The van der Waals surface area contributed by atoms with Crippen LogP contribution in [0, 0.1) is 0 Å². The summed E-state index contributed by atoms with van der Waals surface area (Å²) >= 11 is 0. The van der Waals surface area contributed by atoms with Crippen molar-refractivity contribution in [1.82, 2.24) is 25.6 Å². The van der Waals surface area contributed by atoms with Gasteiger partial charge in [0, 0.05) is 38.3 Å². The van der Waals surface area contributed by atoms with E-state index in [-0.39, 0.29) is 5.91 Å². The highest BCUT2D eigenvalue weighted by atomic mass is 16.3. The quantitative estimate of drug-likeness (QED) is 0.628. The van der Waals surface area contributed by atoms with Crippen molar-refractivity contribution in [1.29, 1.82) is 0 Å². The van der Waals surface area contributed by atoms with Gasteiger partial charge in [-0.25, -0.2) is 15.0 Å². The molecule has 0 atom stereocenters. The van der Waals surface area contributed by atoms with E-state index in [1.165, 1.54) is 6.26 Å². The van der Waals surface area contributed by atoms with Gasteiger partial charge in [0.1, 0.15) is 17.8 Å². The van der Waals surface area contributed by atoms with Crippen LogP contribution in [0.2, 0.25) is 0 Å². The highest BCUT2D eigenvalue weighted by Gasteiger charge is 2.28. The molecule has 5 heterocycles. The largest absolute Gasteiger partial charge is 0.443 e. The number of aromatic nitrogens is 3. The third kappa shape index (κ3) is 2.95. The Kier molecular flexibility index (Phi) is 4.13. The summed E-state index contributed by atoms with van der Waals surface area (Å²) in [6.45, 7) is 4.28. The second-order valence-electron chi connectivity index (χ2n) is 6.66. The molecule has 2 aliphatic heterocycles. The zero-order chi connectivity index (χ0) is 18.9. The predicted molar refractivity (Wildman–Crippen MR) is 104 cm³/mol. The maximum atomic E-state index is 12.4. The van der Waals surface area contributed by atoms with Gasteiger partial charge in [0.2, 0.25) is 5.89 Å². The number of nitrogens with one attached hydrogen (secondary N) is 3. The SMILES string of the molecule is O=C1NCc2c(-c3ncco3)ncc(Nc3ccc(N4CCNCC4)cn3)c21. The summed E-state index contributed by atoms with van der Waals surface area (Å²) in [6.07, 6.45) is 6.52. The molecule has 2 aliphatic rings. The summed E-state index contributed by atoms with van der Waals surface area (Å²) < 4.78 is 5.35. The van der Waals surface area contributed by atoms with Crippen LogP contribution in [0.4, 0.5) is 17.2 Å². The number of amides is 1. The van der Waals surface area contributed by atoms with Gasteiger partial charge in [-0.05, 0) is 12.1 Å². The first-order valence-electron chi connectivity index (χ1n) is 9.18. The van der Waals surface area contributed by atoms with Crippen molar-refractivity contribution < 1.29 is 9.21 Å². The third-order valence-corrected chi connectivity index (χ3v) is 4.96. The summed E-state index contributed by atoms with van der Waals surface area (Å²) in [4.78, 5) is 27.8. The molecular formula is C19H19N7O2. The van der Waals surface area contributed by atoms with Crippen LogP contribution >= 0.6 is 0 Å². The summed E-state index contributed by atoms with van der Waals surface area (Å²) in [5.74, 6) is 0.911. The molecule has 9 nitrogen and oxygen atoms in total. The molecule has 28 heavy (non-hydrogen) atoms. The Labute approximate surface area is 161 Å². The van der Waals surface area contributed by atoms with Gasteiger partial charge in [0.05, 0.1) is 35.5 Å². The number of nitrogens with zero attached hydrogens (tertiary/aromatic N) is 4. The van der Waals surface area contributed by atoms with Gasteiger partial charge in [-0.15, -0.1) is 0 Å². The molecule has 0 aliphatic carbocycles. The molecule has 3 aromatic rings. The first-order chi connectivity index (χ1) is 13.8. The number of fused-ring (bicyclic) bond motifs is 1. The van der Waals surface area contributed by atoms with E-state index in [1.807, 2.05) is 18.3 Å². The van der Waals surface area contributed by atoms with Gasteiger partial charge in [-0.3, -0.25) is 4.79 Å². The molecule has 0 bridgehead atoms. The summed E-state index contributed by atoms with van der Waals surface area (Å²) in [5, 5.41) is 9.41. The highest BCUT2D eigenvalue weighted by Crippen LogP contribution is 2.32. The number of hydrogen-bond acceptors (Lipinski definition) is 8. The molecule has 3 aromatic heterocycles. The number of rotatable bonds is 4. The van der Waals surface area contributed by atoms with Crippen LogP contribution in [0.25, 0.3) is 11.6 Å². The Morgan fingerprint density at radius 3 is 2.75 bits per heavy atom. The molecule has 1 amide bonds. The molecule has 5 rings (SSSR count). The monoisotopic (exact) mass is 377 g/mol. The van der Waals surface area contributed by atoms with Crippen LogP contribution in [-0.4, -0.2) is 47.0 Å². The predicted octanol–water partition coefficient (Wildman–Crippen LogP) is 1.53.